The molecular weight excluding hydrogens is 375 g/mol. The Morgan fingerprint density at radius 1 is 1.11 bits per heavy atom. The Labute approximate surface area is 170 Å². The number of hydrogen-bond donors (Lipinski definition) is 1. The van der Waals surface area contributed by atoms with Crippen LogP contribution in [-0.2, 0) is 14.0 Å². The van der Waals surface area contributed by atoms with E-state index in [9.17, 15) is 4.79 Å². The summed E-state index contributed by atoms with van der Waals surface area (Å²) in [5, 5.41) is 5.07. The van der Waals surface area contributed by atoms with Crippen molar-refractivity contribution in [1.82, 2.24) is 4.98 Å². The topological polar surface area (TPSA) is 69.7 Å². The zero-order valence-electron chi connectivity index (χ0n) is 17.5. The fourth-order valence-electron chi connectivity index (χ4n) is 2.64. The second kappa shape index (κ2) is 7.17. The summed E-state index contributed by atoms with van der Waals surface area (Å²) in [7, 11) is -0.390. The molecule has 1 amide bonds. The number of carbonyl (C=O) groups is 1. The Hall–Kier alpha value is -1.90. The first-order chi connectivity index (χ1) is 12.9. The number of ether oxygens (including phenoxy) is 1. The van der Waals surface area contributed by atoms with Gasteiger partial charge in [-0.2, -0.15) is 0 Å². The number of anilines is 1. The van der Waals surface area contributed by atoms with Crippen molar-refractivity contribution in [3.05, 3.63) is 29.6 Å². The van der Waals surface area contributed by atoms with Gasteiger partial charge in [0, 0.05) is 10.9 Å². The Bertz CT molecular complexity index is 840. The van der Waals surface area contributed by atoms with Crippen LogP contribution in [0.15, 0.2) is 29.6 Å². The van der Waals surface area contributed by atoms with Gasteiger partial charge in [0.2, 0.25) is 0 Å². The van der Waals surface area contributed by atoms with E-state index in [1.54, 1.807) is 0 Å². The first-order valence-electron chi connectivity index (χ1n) is 9.28. The molecule has 3 rings (SSSR count). The van der Waals surface area contributed by atoms with Gasteiger partial charge in [0.25, 0.3) is 0 Å². The summed E-state index contributed by atoms with van der Waals surface area (Å²) < 4.78 is 17.4. The van der Waals surface area contributed by atoms with Crippen molar-refractivity contribution in [2.75, 3.05) is 5.32 Å². The standard InChI is InChI=1S/C20H27BN2O4S/c1-18(2,3)25-17(24)23-16-22-15(12-28-16)13-8-10-14(11-9-13)21-26-19(4,5)20(6,7)27-21/h8-12H,1-7H3,(H,22,23,24). The van der Waals surface area contributed by atoms with Crippen LogP contribution in [0.2, 0.25) is 0 Å². The fraction of sp³-hybridized carbons (Fsp3) is 0.500. The van der Waals surface area contributed by atoms with Crippen LogP contribution in [0, 0.1) is 0 Å². The smallest absolute Gasteiger partial charge is 0.444 e. The third-order valence-corrected chi connectivity index (χ3v) is 5.60. The van der Waals surface area contributed by atoms with Gasteiger partial charge in [0.15, 0.2) is 5.13 Å². The van der Waals surface area contributed by atoms with Crippen molar-refractivity contribution in [1.29, 1.82) is 0 Å². The second-order valence-electron chi connectivity index (χ2n) is 8.88. The summed E-state index contributed by atoms with van der Waals surface area (Å²) in [5.41, 5.74) is 1.42. The van der Waals surface area contributed by atoms with Crippen LogP contribution in [0.4, 0.5) is 9.93 Å². The molecule has 150 valence electrons. The summed E-state index contributed by atoms with van der Waals surface area (Å²) in [5.74, 6) is 0. The van der Waals surface area contributed by atoms with Gasteiger partial charge in [-0.1, -0.05) is 24.3 Å². The van der Waals surface area contributed by atoms with Gasteiger partial charge in [0.05, 0.1) is 16.9 Å². The summed E-state index contributed by atoms with van der Waals surface area (Å²) in [6, 6.07) is 7.93. The molecule has 1 aromatic carbocycles. The van der Waals surface area contributed by atoms with E-state index in [1.807, 2.05) is 78.1 Å². The number of amides is 1. The number of aromatic nitrogens is 1. The van der Waals surface area contributed by atoms with Crippen molar-refractivity contribution in [2.24, 2.45) is 0 Å². The molecule has 1 N–H and O–H groups in total. The predicted molar refractivity (Wildman–Crippen MR) is 113 cm³/mol. The van der Waals surface area contributed by atoms with Crippen LogP contribution in [-0.4, -0.2) is 35.0 Å². The van der Waals surface area contributed by atoms with Crippen molar-refractivity contribution >= 4 is 35.1 Å². The Morgan fingerprint density at radius 3 is 2.21 bits per heavy atom. The number of carbonyl (C=O) groups excluding carboxylic acids is 1. The van der Waals surface area contributed by atoms with Gasteiger partial charge in [-0.3, -0.25) is 5.32 Å². The lowest BCUT2D eigenvalue weighted by atomic mass is 9.79. The summed E-state index contributed by atoms with van der Waals surface area (Å²) >= 11 is 1.36. The highest BCUT2D eigenvalue weighted by Crippen LogP contribution is 2.36. The Kier molecular flexibility index (Phi) is 5.33. The van der Waals surface area contributed by atoms with Crippen LogP contribution < -0.4 is 10.8 Å². The van der Waals surface area contributed by atoms with E-state index in [1.165, 1.54) is 11.3 Å². The average Bonchev–Trinajstić information content (AvgIpc) is 3.08. The van der Waals surface area contributed by atoms with E-state index < -0.39 is 11.7 Å². The lowest BCUT2D eigenvalue weighted by Gasteiger charge is -2.32. The maximum Gasteiger partial charge on any atom is 0.494 e. The highest BCUT2D eigenvalue weighted by atomic mass is 32.1. The van der Waals surface area contributed by atoms with Crippen molar-refractivity contribution in [3.8, 4) is 11.3 Å². The number of benzene rings is 1. The normalized spacial score (nSPS) is 18.2. The minimum atomic E-state index is -0.548. The molecular formula is C20H27BN2O4S. The fourth-order valence-corrected chi connectivity index (χ4v) is 3.35. The van der Waals surface area contributed by atoms with E-state index in [0.29, 0.717) is 5.13 Å². The predicted octanol–water partition coefficient (Wildman–Crippen LogP) is 4.46. The van der Waals surface area contributed by atoms with E-state index >= 15 is 0 Å². The largest absolute Gasteiger partial charge is 0.494 e. The maximum atomic E-state index is 11.9. The van der Waals surface area contributed by atoms with Crippen LogP contribution in [0.1, 0.15) is 48.5 Å². The van der Waals surface area contributed by atoms with E-state index in [4.69, 9.17) is 14.0 Å². The quantitative estimate of drug-likeness (QED) is 0.768. The number of rotatable bonds is 3. The molecule has 1 fully saturated rings. The molecule has 2 aromatic rings. The maximum absolute atomic E-state index is 11.9. The number of nitrogens with one attached hydrogen (secondary N) is 1. The number of thiazole rings is 1. The zero-order chi connectivity index (χ0) is 20.7. The molecule has 28 heavy (non-hydrogen) atoms. The molecule has 0 atom stereocenters. The van der Waals surface area contributed by atoms with Gasteiger partial charge in [-0.05, 0) is 53.9 Å². The molecule has 0 saturated carbocycles. The molecule has 1 aliphatic heterocycles. The van der Waals surface area contributed by atoms with Crippen molar-refractivity contribution in [2.45, 2.75) is 65.3 Å². The molecule has 0 bridgehead atoms. The lowest BCUT2D eigenvalue weighted by molar-refractivity contribution is 0.00578. The van der Waals surface area contributed by atoms with Gasteiger partial charge in [-0.25, -0.2) is 9.78 Å². The number of nitrogens with zero attached hydrogens (tertiary/aromatic N) is 1. The van der Waals surface area contributed by atoms with Crippen LogP contribution in [0.5, 0.6) is 0 Å². The van der Waals surface area contributed by atoms with E-state index in [-0.39, 0.29) is 18.3 Å². The Balaban J connectivity index is 1.68. The molecule has 0 spiro atoms. The molecule has 6 nitrogen and oxygen atoms in total. The third-order valence-electron chi connectivity index (χ3n) is 4.84. The van der Waals surface area contributed by atoms with Gasteiger partial charge in [0.1, 0.15) is 5.60 Å². The first-order valence-corrected chi connectivity index (χ1v) is 10.2. The zero-order valence-corrected chi connectivity index (χ0v) is 18.3. The molecule has 0 aliphatic carbocycles. The minimum Gasteiger partial charge on any atom is -0.444 e. The van der Waals surface area contributed by atoms with Crippen molar-refractivity contribution in [3.63, 3.8) is 0 Å². The summed E-state index contributed by atoms with van der Waals surface area (Å²) in [6.07, 6.45) is -0.510. The van der Waals surface area contributed by atoms with Crippen LogP contribution in [0.3, 0.4) is 0 Å². The average molecular weight is 402 g/mol. The molecule has 1 aliphatic rings. The number of hydrogen-bond acceptors (Lipinski definition) is 6. The second-order valence-corrected chi connectivity index (χ2v) is 9.73. The third kappa shape index (κ3) is 4.56. The monoisotopic (exact) mass is 402 g/mol. The SMILES string of the molecule is CC(C)(C)OC(=O)Nc1nc(-c2ccc(B3OC(C)(C)C(C)(C)O3)cc2)cs1. The van der Waals surface area contributed by atoms with Gasteiger partial charge < -0.3 is 14.0 Å². The molecule has 0 unspecified atom stereocenters. The van der Waals surface area contributed by atoms with Gasteiger partial charge >= 0.3 is 13.2 Å². The molecule has 0 radical (unpaired) electrons. The van der Waals surface area contributed by atoms with E-state index in [2.05, 4.69) is 10.3 Å². The van der Waals surface area contributed by atoms with Gasteiger partial charge in [-0.15, -0.1) is 11.3 Å². The van der Waals surface area contributed by atoms with Crippen LogP contribution in [0.25, 0.3) is 11.3 Å². The molecule has 2 heterocycles. The summed E-state index contributed by atoms with van der Waals surface area (Å²) in [4.78, 5) is 16.3. The Morgan fingerprint density at radius 2 is 1.68 bits per heavy atom. The minimum absolute atomic E-state index is 0.368. The van der Waals surface area contributed by atoms with Crippen molar-refractivity contribution < 1.29 is 18.8 Å². The highest BCUT2D eigenvalue weighted by molar-refractivity contribution is 7.14. The summed E-state index contributed by atoms with van der Waals surface area (Å²) in [6.45, 7) is 13.6. The highest BCUT2D eigenvalue weighted by Gasteiger charge is 2.51. The molecule has 1 aromatic heterocycles. The molecule has 8 heteroatoms. The van der Waals surface area contributed by atoms with Crippen LogP contribution >= 0.6 is 11.3 Å². The first kappa shape index (κ1) is 20.8. The molecule has 1 saturated heterocycles. The lowest BCUT2D eigenvalue weighted by Crippen LogP contribution is -2.41. The van der Waals surface area contributed by atoms with E-state index in [0.717, 1.165) is 16.7 Å².